The highest BCUT2D eigenvalue weighted by Gasteiger charge is 2.18. The van der Waals surface area contributed by atoms with Crippen LogP contribution in [0.3, 0.4) is 0 Å². The number of carbonyl (C=O) groups is 2. The Balaban J connectivity index is 1.41. The molecule has 0 saturated carbocycles. The van der Waals surface area contributed by atoms with Crippen molar-refractivity contribution in [3.63, 3.8) is 0 Å². The molecule has 1 heterocycles. The van der Waals surface area contributed by atoms with Crippen LogP contribution in [-0.2, 0) is 0 Å². The normalized spacial score (nSPS) is 10.6. The summed E-state index contributed by atoms with van der Waals surface area (Å²) in [7, 11) is 4.38. The number of halogens is 1. The van der Waals surface area contributed by atoms with Gasteiger partial charge in [-0.15, -0.1) is 0 Å². The summed E-state index contributed by atoms with van der Waals surface area (Å²) in [4.78, 5) is 29.4. The van der Waals surface area contributed by atoms with Gasteiger partial charge in [0.05, 0.1) is 21.3 Å². The first-order chi connectivity index (χ1) is 16.9. The number of hydrogen-bond donors (Lipinski definition) is 2. The molecule has 9 nitrogen and oxygen atoms in total. The number of anilines is 1. The Morgan fingerprint density at radius 2 is 1.63 bits per heavy atom. The quantitative estimate of drug-likeness (QED) is 0.312. The summed E-state index contributed by atoms with van der Waals surface area (Å²) in [6.45, 7) is 0. The lowest BCUT2D eigenvalue weighted by molar-refractivity contribution is 0.108. The molecule has 0 unspecified atom stereocenters. The summed E-state index contributed by atoms with van der Waals surface area (Å²) in [6.07, 6.45) is 0. The Kier molecular flexibility index (Phi) is 7.33. The molecule has 11 heteroatoms. The van der Waals surface area contributed by atoms with Crippen LogP contribution in [0.2, 0.25) is 5.02 Å². The molecule has 0 aliphatic carbocycles. The maximum atomic E-state index is 12.6. The maximum Gasteiger partial charge on any atom is 0.329 e. The van der Waals surface area contributed by atoms with Gasteiger partial charge < -0.3 is 23.9 Å². The molecule has 3 aromatic carbocycles. The maximum absolute atomic E-state index is 12.6. The average Bonchev–Trinajstić information content (AvgIpc) is 3.30. The SMILES string of the molecule is COc1cc(C(=O)SNC(=O)Nc2ccc3oc(-c4ccc(Cl)cc4)nc3c2)cc(OC)c1OC. The van der Waals surface area contributed by atoms with Gasteiger partial charge in [-0.3, -0.25) is 9.52 Å². The minimum absolute atomic E-state index is 0.267. The van der Waals surface area contributed by atoms with Gasteiger partial charge in [-0.2, -0.15) is 0 Å². The fourth-order valence-electron chi connectivity index (χ4n) is 3.23. The number of carbonyl (C=O) groups excluding carboxylic acids is 2. The van der Waals surface area contributed by atoms with E-state index >= 15 is 0 Å². The fourth-order valence-corrected chi connectivity index (χ4v) is 3.83. The second-order valence-electron chi connectivity index (χ2n) is 7.07. The van der Waals surface area contributed by atoms with E-state index in [1.54, 1.807) is 30.3 Å². The van der Waals surface area contributed by atoms with Crippen LogP contribution in [0.1, 0.15) is 10.4 Å². The smallest absolute Gasteiger partial charge is 0.329 e. The number of benzene rings is 3. The molecule has 4 aromatic rings. The Morgan fingerprint density at radius 1 is 0.943 bits per heavy atom. The number of nitrogens with zero attached hydrogens (tertiary/aromatic N) is 1. The first kappa shape index (κ1) is 24.2. The Labute approximate surface area is 209 Å². The van der Waals surface area contributed by atoms with Crippen molar-refractivity contribution in [2.45, 2.75) is 0 Å². The third-order valence-electron chi connectivity index (χ3n) is 4.87. The minimum atomic E-state index is -0.587. The lowest BCUT2D eigenvalue weighted by atomic mass is 10.2. The highest BCUT2D eigenvalue weighted by atomic mass is 35.5. The van der Waals surface area contributed by atoms with Crippen LogP contribution in [0.5, 0.6) is 17.2 Å². The van der Waals surface area contributed by atoms with Crippen LogP contribution in [0.4, 0.5) is 10.5 Å². The molecular formula is C24H20ClN3O6S. The van der Waals surface area contributed by atoms with Gasteiger partial charge >= 0.3 is 6.03 Å². The fraction of sp³-hybridized carbons (Fsp3) is 0.125. The number of urea groups is 1. The van der Waals surface area contributed by atoms with Gasteiger partial charge in [0.2, 0.25) is 16.8 Å². The third kappa shape index (κ3) is 5.44. The lowest BCUT2D eigenvalue weighted by Gasteiger charge is -2.13. The molecule has 0 saturated heterocycles. The summed E-state index contributed by atoms with van der Waals surface area (Å²) in [5.74, 6) is 1.47. The number of nitrogens with one attached hydrogen (secondary N) is 2. The van der Waals surface area contributed by atoms with Crippen molar-refractivity contribution in [2.75, 3.05) is 26.6 Å². The zero-order chi connectivity index (χ0) is 24.9. The molecule has 0 aliphatic rings. The average molecular weight is 514 g/mol. The van der Waals surface area contributed by atoms with Crippen LogP contribution in [0.25, 0.3) is 22.6 Å². The van der Waals surface area contributed by atoms with Crippen molar-refractivity contribution in [3.05, 3.63) is 65.2 Å². The number of hydrogen-bond acceptors (Lipinski definition) is 8. The Hall–Kier alpha value is -3.89. The highest BCUT2D eigenvalue weighted by Crippen LogP contribution is 2.38. The molecule has 0 bridgehead atoms. The molecule has 0 radical (unpaired) electrons. The van der Waals surface area contributed by atoms with Crippen molar-refractivity contribution < 1.29 is 28.2 Å². The summed E-state index contributed by atoms with van der Waals surface area (Å²) in [6, 6.07) is 14.6. The van der Waals surface area contributed by atoms with Crippen LogP contribution in [0, 0.1) is 0 Å². The van der Waals surface area contributed by atoms with Crippen molar-refractivity contribution >= 4 is 51.5 Å². The van der Waals surface area contributed by atoms with E-state index in [0.29, 0.717) is 56.9 Å². The van der Waals surface area contributed by atoms with E-state index in [4.69, 9.17) is 30.2 Å². The van der Waals surface area contributed by atoms with Gasteiger partial charge in [0.25, 0.3) is 0 Å². The molecule has 1 aromatic heterocycles. The van der Waals surface area contributed by atoms with Gasteiger partial charge in [-0.05, 0) is 54.6 Å². The molecule has 2 amide bonds. The lowest BCUT2D eigenvalue weighted by Crippen LogP contribution is -2.24. The second-order valence-corrected chi connectivity index (χ2v) is 8.28. The number of fused-ring (bicyclic) bond motifs is 1. The van der Waals surface area contributed by atoms with Crippen molar-refractivity contribution in [3.8, 4) is 28.7 Å². The second kappa shape index (κ2) is 10.6. The first-order valence-electron chi connectivity index (χ1n) is 10.2. The largest absolute Gasteiger partial charge is 0.493 e. The van der Waals surface area contributed by atoms with Crippen LogP contribution < -0.4 is 24.2 Å². The standard InChI is InChI=1S/C24H20ClN3O6S/c1-31-19-10-14(11-20(32-2)21(19)33-3)23(29)35-28-24(30)26-16-8-9-18-17(12-16)27-22(34-18)13-4-6-15(25)7-5-13/h4-12H,1-3H3,(H2,26,28,30). The zero-order valence-electron chi connectivity index (χ0n) is 18.9. The molecule has 0 aliphatic heterocycles. The van der Waals surface area contributed by atoms with E-state index in [-0.39, 0.29) is 5.56 Å². The molecule has 0 spiro atoms. The molecule has 35 heavy (non-hydrogen) atoms. The Morgan fingerprint density at radius 3 is 2.26 bits per heavy atom. The number of ether oxygens (including phenoxy) is 3. The monoisotopic (exact) mass is 513 g/mol. The number of rotatable bonds is 6. The first-order valence-corrected chi connectivity index (χ1v) is 11.4. The van der Waals surface area contributed by atoms with Gasteiger partial charge in [0.1, 0.15) is 5.52 Å². The summed E-state index contributed by atoms with van der Waals surface area (Å²) in [5, 5.41) is 2.87. The van der Waals surface area contributed by atoms with Gasteiger partial charge in [0.15, 0.2) is 17.1 Å². The molecule has 4 rings (SSSR count). The van der Waals surface area contributed by atoms with Crippen LogP contribution in [0.15, 0.2) is 59.0 Å². The predicted molar refractivity (Wildman–Crippen MR) is 135 cm³/mol. The van der Waals surface area contributed by atoms with E-state index in [9.17, 15) is 9.59 Å². The van der Waals surface area contributed by atoms with Crippen molar-refractivity contribution in [1.82, 2.24) is 9.71 Å². The molecular weight excluding hydrogens is 494 g/mol. The summed E-state index contributed by atoms with van der Waals surface area (Å²) >= 11 is 6.55. The zero-order valence-corrected chi connectivity index (χ0v) is 20.5. The third-order valence-corrected chi connectivity index (χ3v) is 5.83. The summed E-state index contributed by atoms with van der Waals surface area (Å²) < 4.78 is 24.0. The molecule has 0 fully saturated rings. The molecule has 2 N–H and O–H groups in total. The number of aromatic nitrogens is 1. The van der Waals surface area contributed by atoms with E-state index in [1.165, 1.54) is 33.5 Å². The van der Waals surface area contributed by atoms with E-state index < -0.39 is 11.1 Å². The van der Waals surface area contributed by atoms with Crippen LogP contribution in [-0.4, -0.2) is 37.5 Å². The number of methoxy groups -OCH3 is 3. The van der Waals surface area contributed by atoms with Gasteiger partial charge in [-0.1, -0.05) is 11.6 Å². The minimum Gasteiger partial charge on any atom is -0.493 e. The van der Waals surface area contributed by atoms with Crippen molar-refractivity contribution in [1.29, 1.82) is 0 Å². The number of oxazole rings is 1. The topological polar surface area (TPSA) is 112 Å². The molecule has 180 valence electrons. The number of amides is 2. The highest BCUT2D eigenvalue weighted by molar-refractivity contribution is 8.12. The van der Waals surface area contributed by atoms with E-state index in [1.807, 2.05) is 12.1 Å². The van der Waals surface area contributed by atoms with Gasteiger partial charge in [0, 0.05) is 33.8 Å². The summed E-state index contributed by atoms with van der Waals surface area (Å²) in [5.41, 5.74) is 2.65. The molecule has 0 atom stereocenters. The van der Waals surface area contributed by atoms with E-state index in [2.05, 4.69) is 15.0 Å². The van der Waals surface area contributed by atoms with Gasteiger partial charge in [-0.25, -0.2) is 9.78 Å². The Bertz CT molecular complexity index is 1370. The van der Waals surface area contributed by atoms with Crippen molar-refractivity contribution in [2.24, 2.45) is 0 Å². The van der Waals surface area contributed by atoms with E-state index in [0.717, 1.165) is 5.56 Å². The van der Waals surface area contributed by atoms with Crippen LogP contribution >= 0.6 is 23.5 Å². The predicted octanol–water partition coefficient (Wildman–Crippen LogP) is 5.78.